The molecule has 0 fully saturated rings. The number of hydrogen-bond acceptors (Lipinski definition) is 1. The van der Waals surface area contributed by atoms with Gasteiger partial charge in [0.05, 0.1) is 0 Å². The van der Waals surface area contributed by atoms with E-state index in [0.717, 1.165) is 11.2 Å². The lowest BCUT2D eigenvalue weighted by molar-refractivity contribution is 0.643. The van der Waals surface area contributed by atoms with Crippen molar-refractivity contribution in [1.82, 2.24) is 0 Å². The van der Waals surface area contributed by atoms with Crippen molar-refractivity contribution < 1.29 is 4.42 Å². The molecule has 2 aliphatic rings. The van der Waals surface area contributed by atoms with Crippen LogP contribution >= 0.6 is 0 Å². The standard InChI is InChI=1S/C70H48O/c1-69(2)56-39-43(61-49-29-15-11-25-45(49)59(41-21-7-5-8-22-41)46-26-12-16-30-50(46)61)35-37-53(56)63-66-64(68-65(67(63)69)55-33-19-20-34-58(55)71-68)54-38-36-44(40-57(54)70(66,3)4)62-51-31-17-13-27-47(51)60(42-23-9-6-10-24-42)48-28-14-18-32-52(48)62/h5-40H,1-4H3. The predicted molar refractivity (Wildman–Crippen MR) is 301 cm³/mol. The van der Waals surface area contributed by atoms with Crippen molar-refractivity contribution in [3.8, 4) is 66.8 Å². The number of para-hydroxylation sites is 1. The molecule has 2 aliphatic carbocycles. The highest BCUT2D eigenvalue weighted by atomic mass is 16.3. The summed E-state index contributed by atoms with van der Waals surface area (Å²) in [5, 5.41) is 12.6. The zero-order valence-electron chi connectivity index (χ0n) is 40.2. The van der Waals surface area contributed by atoms with Crippen molar-refractivity contribution >= 4 is 65.0 Å². The summed E-state index contributed by atoms with van der Waals surface area (Å²) in [5.74, 6) is 0. The van der Waals surface area contributed by atoms with Crippen molar-refractivity contribution in [2.75, 3.05) is 0 Å². The molecular weight excluding hydrogens is 857 g/mol. The lowest BCUT2D eigenvalue weighted by atomic mass is 9.75. The average Bonchev–Trinajstić information content (AvgIpc) is 3.99. The zero-order chi connectivity index (χ0) is 47.3. The molecule has 0 atom stereocenters. The molecule has 0 unspecified atom stereocenters. The monoisotopic (exact) mass is 904 g/mol. The normalized spacial score (nSPS) is 14.1. The van der Waals surface area contributed by atoms with Crippen LogP contribution in [0.1, 0.15) is 49.9 Å². The van der Waals surface area contributed by atoms with E-state index in [0.29, 0.717) is 0 Å². The molecule has 0 radical (unpaired) electrons. The van der Waals surface area contributed by atoms with Gasteiger partial charge in [-0.1, -0.05) is 228 Å². The largest absolute Gasteiger partial charge is 0.455 e. The number of rotatable bonds is 4. The van der Waals surface area contributed by atoms with Crippen LogP contribution in [0.4, 0.5) is 0 Å². The zero-order valence-corrected chi connectivity index (χ0v) is 40.2. The summed E-state index contributed by atoms with van der Waals surface area (Å²) in [7, 11) is 0. The van der Waals surface area contributed by atoms with E-state index in [-0.39, 0.29) is 10.8 Å². The van der Waals surface area contributed by atoms with Crippen molar-refractivity contribution in [1.29, 1.82) is 0 Å². The van der Waals surface area contributed by atoms with Crippen LogP contribution in [-0.4, -0.2) is 0 Å². The Bertz CT molecular complexity index is 4320. The molecule has 1 heteroatoms. The lowest BCUT2D eigenvalue weighted by Gasteiger charge is -2.27. The summed E-state index contributed by atoms with van der Waals surface area (Å²) >= 11 is 0. The van der Waals surface area contributed by atoms with E-state index in [2.05, 4.69) is 246 Å². The highest BCUT2D eigenvalue weighted by Crippen LogP contribution is 2.64. The minimum atomic E-state index is -0.358. The maximum Gasteiger partial charge on any atom is 0.143 e. The van der Waals surface area contributed by atoms with Crippen LogP contribution in [0.3, 0.4) is 0 Å². The Kier molecular flexibility index (Phi) is 8.25. The number of hydrogen-bond donors (Lipinski definition) is 0. The molecule has 0 N–H and O–H groups in total. The number of fused-ring (bicyclic) bond motifs is 16. The Hall–Kier alpha value is -8.52. The van der Waals surface area contributed by atoms with Gasteiger partial charge in [-0.05, 0) is 145 Å². The fourth-order valence-corrected chi connectivity index (χ4v) is 13.6. The minimum Gasteiger partial charge on any atom is -0.455 e. The number of furan rings is 1. The quantitative estimate of drug-likeness (QED) is 0.160. The van der Waals surface area contributed by atoms with Crippen LogP contribution in [0.5, 0.6) is 0 Å². The molecule has 1 nitrogen and oxygen atoms in total. The Morgan fingerprint density at radius 2 is 0.620 bits per heavy atom. The van der Waals surface area contributed by atoms with E-state index in [1.807, 2.05) is 0 Å². The topological polar surface area (TPSA) is 13.1 Å². The summed E-state index contributed by atoms with van der Waals surface area (Å²) in [5.41, 5.74) is 21.9. The highest BCUT2D eigenvalue weighted by molar-refractivity contribution is 6.24. The highest BCUT2D eigenvalue weighted by Gasteiger charge is 2.48. The fourth-order valence-electron chi connectivity index (χ4n) is 13.6. The Balaban J connectivity index is 0.982. The van der Waals surface area contributed by atoms with Gasteiger partial charge in [-0.25, -0.2) is 0 Å². The van der Waals surface area contributed by atoms with E-state index in [4.69, 9.17) is 4.42 Å². The van der Waals surface area contributed by atoms with Gasteiger partial charge < -0.3 is 4.42 Å². The molecule has 0 amide bonds. The SMILES string of the molecule is CC1(C)c2cc(-c3c4ccccc4c(-c4ccccc4)c4ccccc34)ccc2-c2c1c1c(c3c2oc2ccccc23)C(C)(C)c2cc(-c3c4ccccc4c(-c4ccccc4)c4ccccc34)ccc2-1. The second-order valence-electron chi connectivity index (χ2n) is 21.0. The smallest absolute Gasteiger partial charge is 0.143 e. The molecule has 0 saturated heterocycles. The first-order valence-electron chi connectivity index (χ1n) is 25.1. The summed E-state index contributed by atoms with van der Waals surface area (Å²) in [4.78, 5) is 0. The maximum atomic E-state index is 7.19. The van der Waals surface area contributed by atoms with Crippen LogP contribution in [0.15, 0.2) is 223 Å². The van der Waals surface area contributed by atoms with E-state index in [1.165, 1.54) is 143 Å². The molecule has 0 aliphatic heterocycles. The van der Waals surface area contributed by atoms with Gasteiger partial charge in [-0.15, -0.1) is 0 Å². The molecule has 1 heterocycles. The molecular formula is C70H48O. The van der Waals surface area contributed by atoms with Crippen molar-refractivity contribution in [3.05, 3.63) is 241 Å². The van der Waals surface area contributed by atoms with Crippen LogP contribution < -0.4 is 0 Å². The lowest BCUT2D eigenvalue weighted by Crippen LogP contribution is -2.19. The third-order valence-electron chi connectivity index (χ3n) is 16.6. The second-order valence-corrected chi connectivity index (χ2v) is 21.0. The van der Waals surface area contributed by atoms with Crippen molar-refractivity contribution in [2.24, 2.45) is 0 Å². The maximum absolute atomic E-state index is 7.19. The number of benzene rings is 12. The van der Waals surface area contributed by atoms with Crippen LogP contribution in [0.25, 0.3) is 132 Å². The molecule has 0 spiro atoms. The molecule has 0 saturated carbocycles. The molecule has 1 aromatic heterocycles. The van der Waals surface area contributed by atoms with Gasteiger partial charge in [0.15, 0.2) is 0 Å². The predicted octanol–water partition coefficient (Wildman–Crippen LogP) is 19.5. The summed E-state index contributed by atoms with van der Waals surface area (Å²) in [6, 6.07) is 81.2. The molecule has 12 aromatic carbocycles. The van der Waals surface area contributed by atoms with Crippen molar-refractivity contribution in [2.45, 2.75) is 38.5 Å². The first kappa shape index (κ1) is 40.4. The fraction of sp³-hybridized carbons (Fsp3) is 0.0857. The van der Waals surface area contributed by atoms with E-state index in [9.17, 15) is 0 Å². The van der Waals surface area contributed by atoms with Gasteiger partial charge in [0.25, 0.3) is 0 Å². The van der Waals surface area contributed by atoms with Gasteiger partial charge in [-0.3, -0.25) is 0 Å². The Morgan fingerprint density at radius 3 is 1.04 bits per heavy atom. The Morgan fingerprint density at radius 1 is 0.282 bits per heavy atom. The minimum absolute atomic E-state index is 0.343. The van der Waals surface area contributed by atoms with Gasteiger partial charge in [0, 0.05) is 27.2 Å². The average molecular weight is 905 g/mol. The van der Waals surface area contributed by atoms with Crippen molar-refractivity contribution in [3.63, 3.8) is 0 Å². The molecule has 334 valence electrons. The first-order chi connectivity index (χ1) is 34.8. The van der Waals surface area contributed by atoms with Gasteiger partial charge in [0.2, 0.25) is 0 Å². The van der Waals surface area contributed by atoms with Crippen LogP contribution in [0.2, 0.25) is 0 Å². The van der Waals surface area contributed by atoms with E-state index in [1.54, 1.807) is 0 Å². The van der Waals surface area contributed by atoms with Gasteiger partial charge in [0.1, 0.15) is 11.2 Å². The first-order valence-corrected chi connectivity index (χ1v) is 25.1. The van der Waals surface area contributed by atoms with Crippen LogP contribution in [-0.2, 0) is 10.8 Å². The van der Waals surface area contributed by atoms with E-state index >= 15 is 0 Å². The summed E-state index contributed by atoms with van der Waals surface area (Å²) in [6.45, 7) is 9.81. The van der Waals surface area contributed by atoms with Gasteiger partial charge in [-0.2, -0.15) is 0 Å². The molecule has 0 bridgehead atoms. The third-order valence-corrected chi connectivity index (χ3v) is 16.6. The molecule has 13 aromatic rings. The molecule has 15 rings (SSSR count). The third kappa shape index (κ3) is 5.41. The van der Waals surface area contributed by atoms with E-state index < -0.39 is 0 Å². The Labute approximate surface area is 413 Å². The second kappa shape index (κ2) is 14.5. The summed E-state index contributed by atoms with van der Waals surface area (Å²) in [6.07, 6.45) is 0. The van der Waals surface area contributed by atoms with Crippen LogP contribution in [0, 0.1) is 0 Å². The van der Waals surface area contributed by atoms with Gasteiger partial charge >= 0.3 is 0 Å². The summed E-state index contributed by atoms with van der Waals surface area (Å²) < 4.78 is 7.19. The molecule has 71 heavy (non-hydrogen) atoms.